The molecule has 0 spiro atoms. The second-order valence-electron chi connectivity index (χ2n) is 5.56. The highest BCUT2D eigenvalue weighted by atomic mass is 35.5. The van der Waals surface area contributed by atoms with Crippen molar-refractivity contribution < 1.29 is 16.8 Å². The molecule has 1 aromatic heterocycles. The van der Waals surface area contributed by atoms with Gasteiger partial charge in [-0.25, -0.2) is 9.37 Å². The molecule has 0 saturated heterocycles. The van der Waals surface area contributed by atoms with Crippen molar-refractivity contribution in [3.05, 3.63) is 89.7 Å². The van der Waals surface area contributed by atoms with Gasteiger partial charge in [0.15, 0.2) is 0 Å². The standard InChI is InChI=1S/C21H13ClFN.ClH/c22-15-10-11-20-18(12-15)17(14-6-2-1-3-7-14)13-21(24-20)16-8-4-5-9-19(16)23;/h1-13H;1H/p-1. The van der Waals surface area contributed by atoms with Crippen molar-refractivity contribution in [2.45, 2.75) is 0 Å². The molecule has 0 aliphatic carbocycles. The van der Waals surface area contributed by atoms with Crippen LogP contribution < -0.4 is 12.4 Å². The molecule has 4 heteroatoms. The Morgan fingerprint density at radius 3 is 2.24 bits per heavy atom. The number of hydrogen-bond donors (Lipinski definition) is 0. The van der Waals surface area contributed by atoms with Crippen molar-refractivity contribution >= 4 is 22.5 Å². The summed E-state index contributed by atoms with van der Waals surface area (Å²) in [5.74, 6) is -0.280. The van der Waals surface area contributed by atoms with Crippen LogP contribution in [0.5, 0.6) is 0 Å². The first-order valence-corrected chi connectivity index (χ1v) is 8.01. The third kappa shape index (κ3) is 3.37. The highest BCUT2D eigenvalue weighted by Gasteiger charge is 2.12. The van der Waals surface area contributed by atoms with Gasteiger partial charge < -0.3 is 12.4 Å². The molecule has 0 N–H and O–H groups in total. The van der Waals surface area contributed by atoms with E-state index in [-0.39, 0.29) is 18.2 Å². The summed E-state index contributed by atoms with van der Waals surface area (Å²) in [4.78, 5) is 4.63. The molecule has 1 heterocycles. The van der Waals surface area contributed by atoms with E-state index < -0.39 is 0 Å². The summed E-state index contributed by atoms with van der Waals surface area (Å²) in [7, 11) is 0. The Morgan fingerprint density at radius 1 is 0.760 bits per heavy atom. The molecular weight excluding hydrogens is 356 g/mol. The first-order chi connectivity index (χ1) is 11.7. The van der Waals surface area contributed by atoms with Crippen molar-refractivity contribution in [1.82, 2.24) is 4.98 Å². The van der Waals surface area contributed by atoms with E-state index in [9.17, 15) is 4.39 Å². The topological polar surface area (TPSA) is 12.9 Å². The Bertz CT molecular complexity index is 1030. The summed E-state index contributed by atoms with van der Waals surface area (Å²) < 4.78 is 14.2. The molecule has 0 amide bonds. The third-order valence-electron chi connectivity index (χ3n) is 4.01. The van der Waals surface area contributed by atoms with Crippen LogP contribution in [-0.4, -0.2) is 4.98 Å². The van der Waals surface area contributed by atoms with Gasteiger partial charge in [-0.15, -0.1) is 0 Å². The van der Waals surface area contributed by atoms with Gasteiger partial charge >= 0.3 is 0 Å². The number of fused-ring (bicyclic) bond motifs is 1. The van der Waals surface area contributed by atoms with Gasteiger partial charge in [0.1, 0.15) is 5.82 Å². The smallest absolute Gasteiger partial charge is 0.132 e. The Labute approximate surface area is 156 Å². The molecule has 0 aliphatic rings. The SMILES string of the molecule is Fc1ccccc1-c1cc(-c2ccccc2)c2cc(Cl)ccc2n1.[Cl-]. The molecular formula is C21H13Cl2FN-. The molecule has 3 aromatic carbocycles. The predicted molar refractivity (Wildman–Crippen MR) is 97.6 cm³/mol. The molecule has 0 saturated carbocycles. The number of nitrogens with zero attached hydrogens (tertiary/aromatic N) is 1. The summed E-state index contributed by atoms with van der Waals surface area (Å²) in [5, 5.41) is 1.61. The van der Waals surface area contributed by atoms with E-state index in [1.165, 1.54) is 6.07 Å². The third-order valence-corrected chi connectivity index (χ3v) is 4.24. The van der Waals surface area contributed by atoms with Crippen molar-refractivity contribution in [3.8, 4) is 22.4 Å². The quantitative estimate of drug-likeness (QED) is 0.528. The van der Waals surface area contributed by atoms with Crippen LogP contribution in [0.4, 0.5) is 4.39 Å². The molecule has 25 heavy (non-hydrogen) atoms. The Hall–Kier alpha value is -2.42. The average Bonchev–Trinajstić information content (AvgIpc) is 2.62. The molecule has 4 rings (SSSR count). The van der Waals surface area contributed by atoms with Crippen molar-refractivity contribution in [2.75, 3.05) is 0 Å². The van der Waals surface area contributed by atoms with Crippen LogP contribution in [0.1, 0.15) is 0 Å². The fourth-order valence-electron chi connectivity index (χ4n) is 2.86. The lowest BCUT2D eigenvalue weighted by molar-refractivity contribution is -0.00000516. The number of hydrogen-bond acceptors (Lipinski definition) is 1. The maximum Gasteiger partial charge on any atom is 0.132 e. The average molecular weight is 369 g/mol. The summed E-state index contributed by atoms with van der Waals surface area (Å²) in [6.07, 6.45) is 0. The van der Waals surface area contributed by atoms with Crippen molar-refractivity contribution in [2.24, 2.45) is 0 Å². The maximum atomic E-state index is 14.2. The summed E-state index contributed by atoms with van der Waals surface area (Å²) in [6.45, 7) is 0. The number of aromatic nitrogens is 1. The lowest BCUT2D eigenvalue weighted by Gasteiger charge is -2.11. The van der Waals surface area contributed by atoms with E-state index in [0.29, 0.717) is 16.3 Å². The van der Waals surface area contributed by atoms with Crippen LogP contribution in [-0.2, 0) is 0 Å². The van der Waals surface area contributed by atoms with Gasteiger partial charge in [-0.3, -0.25) is 0 Å². The molecule has 4 aromatic rings. The van der Waals surface area contributed by atoms with Crippen LogP contribution in [0.25, 0.3) is 33.3 Å². The Balaban J connectivity index is 0.00000182. The monoisotopic (exact) mass is 368 g/mol. The van der Waals surface area contributed by atoms with E-state index in [1.54, 1.807) is 18.2 Å². The van der Waals surface area contributed by atoms with E-state index in [4.69, 9.17) is 11.6 Å². The normalized spacial score (nSPS) is 10.5. The molecule has 124 valence electrons. The van der Waals surface area contributed by atoms with Gasteiger partial charge in [-0.1, -0.05) is 54.1 Å². The van der Waals surface area contributed by atoms with Crippen LogP contribution >= 0.6 is 11.6 Å². The molecule has 0 radical (unpaired) electrons. The minimum absolute atomic E-state index is 0. The van der Waals surface area contributed by atoms with Gasteiger partial charge in [0.2, 0.25) is 0 Å². The molecule has 0 fully saturated rings. The number of rotatable bonds is 2. The zero-order chi connectivity index (χ0) is 16.5. The summed E-state index contributed by atoms with van der Waals surface area (Å²) >= 11 is 6.17. The Kier molecular flexibility index (Phi) is 5.03. The molecule has 1 nitrogen and oxygen atoms in total. The zero-order valence-electron chi connectivity index (χ0n) is 13.1. The fourth-order valence-corrected chi connectivity index (χ4v) is 3.03. The first-order valence-electron chi connectivity index (χ1n) is 7.63. The van der Waals surface area contributed by atoms with E-state index in [2.05, 4.69) is 4.98 Å². The largest absolute Gasteiger partial charge is 1.00 e. The van der Waals surface area contributed by atoms with Gasteiger partial charge in [0.05, 0.1) is 11.2 Å². The summed E-state index contributed by atoms with van der Waals surface area (Å²) in [6, 6.07) is 24.2. The Morgan fingerprint density at radius 2 is 1.48 bits per heavy atom. The number of halogens is 3. The second-order valence-corrected chi connectivity index (χ2v) is 6.00. The van der Waals surface area contributed by atoms with Crippen LogP contribution in [0.2, 0.25) is 5.02 Å². The number of pyridine rings is 1. The highest BCUT2D eigenvalue weighted by molar-refractivity contribution is 6.31. The van der Waals surface area contributed by atoms with Gasteiger partial charge in [0, 0.05) is 16.0 Å². The first kappa shape index (κ1) is 17.4. The van der Waals surface area contributed by atoms with E-state index in [1.807, 2.05) is 54.6 Å². The minimum Gasteiger partial charge on any atom is -1.00 e. The van der Waals surface area contributed by atoms with E-state index >= 15 is 0 Å². The van der Waals surface area contributed by atoms with E-state index in [0.717, 1.165) is 22.0 Å². The van der Waals surface area contributed by atoms with Crippen LogP contribution in [0.3, 0.4) is 0 Å². The predicted octanol–water partition coefficient (Wildman–Crippen LogP) is 3.37. The lowest BCUT2D eigenvalue weighted by Crippen LogP contribution is -3.00. The second kappa shape index (κ2) is 7.22. The molecule has 0 unspecified atom stereocenters. The minimum atomic E-state index is -0.280. The van der Waals surface area contributed by atoms with Gasteiger partial charge in [-0.2, -0.15) is 0 Å². The molecule has 0 bridgehead atoms. The molecule has 0 atom stereocenters. The highest BCUT2D eigenvalue weighted by Crippen LogP contribution is 2.34. The van der Waals surface area contributed by atoms with Crippen molar-refractivity contribution in [1.29, 1.82) is 0 Å². The summed E-state index contributed by atoms with van der Waals surface area (Å²) in [5.41, 5.74) is 3.93. The van der Waals surface area contributed by atoms with Crippen LogP contribution in [0.15, 0.2) is 78.9 Å². The van der Waals surface area contributed by atoms with Gasteiger partial charge in [0.25, 0.3) is 0 Å². The van der Waals surface area contributed by atoms with Crippen LogP contribution in [0, 0.1) is 5.82 Å². The van der Waals surface area contributed by atoms with Gasteiger partial charge in [-0.05, 0) is 47.5 Å². The van der Waals surface area contributed by atoms with Crippen molar-refractivity contribution in [3.63, 3.8) is 0 Å². The molecule has 0 aliphatic heterocycles. The lowest BCUT2D eigenvalue weighted by atomic mass is 9.98. The fraction of sp³-hybridized carbons (Fsp3) is 0. The zero-order valence-corrected chi connectivity index (χ0v) is 14.6. The maximum absolute atomic E-state index is 14.2. The number of benzene rings is 3.